The second-order valence-electron chi connectivity index (χ2n) is 2.13. The van der Waals surface area contributed by atoms with Crippen molar-refractivity contribution in [2.45, 2.75) is 0 Å². The van der Waals surface area contributed by atoms with E-state index >= 15 is 0 Å². The van der Waals surface area contributed by atoms with Gasteiger partial charge in [0.25, 0.3) is 5.09 Å². The number of rotatable bonds is 1. The van der Waals surface area contributed by atoms with Gasteiger partial charge in [-0.1, -0.05) is 34.8 Å². The normalized spacial score (nSPS) is 8.80. The summed E-state index contributed by atoms with van der Waals surface area (Å²) in [7, 11) is 0. The van der Waals surface area contributed by atoms with Gasteiger partial charge in [0.1, 0.15) is 0 Å². The van der Waals surface area contributed by atoms with Gasteiger partial charge in [-0.15, -0.1) is 10.1 Å². The Morgan fingerprint density at radius 3 is 2.07 bits per heavy atom. The predicted molar refractivity (Wildman–Crippen MR) is 58.1 cm³/mol. The highest BCUT2D eigenvalue weighted by Crippen LogP contribution is 2.31. The van der Waals surface area contributed by atoms with Crippen LogP contribution < -0.4 is 11.3 Å². The van der Waals surface area contributed by atoms with Gasteiger partial charge in [0.05, 0.1) is 20.8 Å². The highest BCUT2D eigenvalue weighted by Gasteiger charge is 2.03. The number of nitrogens with two attached hydrogens (primary N) is 1. The molecule has 4 N–H and O–H groups in total. The van der Waals surface area contributed by atoms with E-state index in [1.54, 1.807) is 6.07 Å². The number of hydrogen-bond acceptors (Lipinski definition) is 4. The topological polar surface area (TPSA) is 101 Å². The summed E-state index contributed by atoms with van der Waals surface area (Å²) < 4.78 is 0. The van der Waals surface area contributed by atoms with Gasteiger partial charge in [0, 0.05) is 0 Å². The van der Waals surface area contributed by atoms with E-state index in [0.717, 1.165) is 0 Å². The smallest absolute Gasteiger partial charge is 0.291 e. The second kappa shape index (κ2) is 6.52. The second-order valence-corrected chi connectivity index (χ2v) is 3.35. The minimum atomic E-state index is -1.50. The molecule has 1 rings (SSSR count). The van der Waals surface area contributed by atoms with E-state index in [-0.39, 0.29) is 0 Å². The average Bonchev–Trinajstić information content (AvgIpc) is 2.10. The van der Waals surface area contributed by atoms with E-state index in [4.69, 9.17) is 56.0 Å². The molecule has 0 aliphatic heterocycles. The Bertz CT molecular complexity index is 357. The molecule has 0 aliphatic rings. The van der Waals surface area contributed by atoms with Crippen LogP contribution in [0.2, 0.25) is 15.1 Å². The van der Waals surface area contributed by atoms with Crippen molar-refractivity contribution in [2.24, 2.45) is 5.84 Å². The first-order valence-electron chi connectivity index (χ1n) is 3.33. The van der Waals surface area contributed by atoms with Gasteiger partial charge < -0.3 is 10.6 Å². The van der Waals surface area contributed by atoms with Crippen LogP contribution in [0.5, 0.6) is 0 Å². The fraction of sp³-hybridized carbons (Fsp3) is 0. The average molecular weight is 274 g/mol. The summed E-state index contributed by atoms with van der Waals surface area (Å²) in [6.45, 7) is 0. The minimum Gasteiger partial charge on any atom is -0.328 e. The lowest BCUT2D eigenvalue weighted by atomic mass is 10.3. The number of nitrogens with zero attached hydrogens (tertiary/aromatic N) is 1. The Labute approximate surface area is 99.6 Å². The molecule has 0 aliphatic carbocycles. The van der Waals surface area contributed by atoms with Crippen molar-refractivity contribution in [1.29, 1.82) is 0 Å². The van der Waals surface area contributed by atoms with E-state index in [0.29, 0.717) is 20.8 Å². The van der Waals surface area contributed by atoms with Crippen molar-refractivity contribution in [3.63, 3.8) is 0 Å². The molecule has 0 fully saturated rings. The molecule has 0 spiro atoms. The SMILES string of the molecule is NNc1cc(Cl)c(Cl)cc1Cl.O=[N+]([O-])O. The molecule has 0 bridgehead atoms. The van der Waals surface area contributed by atoms with Crippen LogP contribution in [0.15, 0.2) is 12.1 Å². The molecule has 0 saturated carbocycles. The first-order valence-corrected chi connectivity index (χ1v) is 4.46. The number of benzene rings is 1. The molecule has 1 aromatic carbocycles. The number of hydrazine groups is 1. The lowest BCUT2D eigenvalue weighted by Gasteiger charge is -2.03. The Balaban J connectivity index is 0.000000423. The van der Waals surface area contributed by atoms with Crippen LogP contribution in [0.1, 0.15) is 0 Å². The van der Waals surface area contributed by atoms with Gasteiger partial charge in [-0.3, -0.25) is 5.84 Å². The largest absolute Gasteiger partial charge is 0.328 e. The summed E-state index contributed by atoms with van der Waals surface area (Å²) in [5, 5.41) is 14.9. The van der Waals surface area contributed by atoms with Crippen molar-refractivity contribution in [2.75, 3.05) is 5.43 Å². The fourth-order valence-corrected chi connectivity index (χ4v) is 1.23. The zero-order chi connectivity index (χ0) is 12.0. The molecule has 0 atom stereocenters. The molecular weight excluding hydrogens is 268 g/mol. The third-order valence-electron chi connectivity index (χ3n) is 1.17. The van der Waals surface area contributed by atoms with Crippen LogP contribution >= 0.6 is 34.8 Å². The van der Waals surface area contributed by atoms with Gasteiger partial charge in [-0.25, -0.2) is 0 Å². The monoisotopic (exact) mass is 273 g/mol. The van der Waals surface area contributed by atoms with Gasteiger partial charge in [0.15, 0.2) is 0 Å². The van der Waals surface area contributed by atoms with Crippen LogP contribution in [-0.4, -0.2) is 10.3 Å². The maximum atomic E-state index is 8.36. The van der Waals surface area contributed by atoms with E-state index < -0.39 is 5.09 Å². The van der Waals surface area contributed by atoms with Crippen molar-refractivity contribution < 1.29 is 10.3 Å². The molecule has 0 radical (unpaired) electrons. The Morgan fingerprint density at radius 1 is 1.27 bits per heavy atom. The molecule has 0 unspecified atom stereocenters. The summed E-state index contributed by atoms with van der Waals surface area (Å²) in [6, 6.07) is 3.09. The third kappa shape index (κ3) is 5.48. The van der Waals surface area contributed by atoms with E-state index in [9.17, 15) is 0 Å². The van der Waals surface area contributed by atoms with Crippen LogP contribution in [0.25, 0.3) is 0 Å². The fourth-order valence-electron chi connectivity index (χ4n) is 0.633. The number of nitrogen functional groups attached to an aromatic ring is 1. The zero-order valence-electron chi connectivity index (χ0n) is 7.08. The van der Waals surface area contributed by atoms with Gasteiger partial charge in [0.2, 0.25) is 0 Å². The highest BCUT2D eigenvalue weighted by molar-refractivity contribution is 6.44. The van der Waals surface area contributed by atoms with E-state index in [1.165, 1.54) is 6.07 Å². The van der Waals surface area contributed by atoms with E-state index in [2.05, 4.69) is 5.43 Å². The molecule has 0 heterocycles. The van der Waals surface area contributed by atoms with Crippen LogP contribution in [0, 0.1) is 10.1 Å². The molecule has 0 saturated heterocycles. The van der Waals surface area contributed by atoms with Crippen LogP contribution in [0.3, 0.4) is 0 Å². The summed E-state index contributed by atoms with van der Waals surface area (Å²) in [5.41, 5.74) is 2.94. The molecule has 1 aromatic rings. The molecule has 6 nitrogen and oxygen atoms in total. The van der Waals surface area contributed by atoms with Crippen molar-refractivity contribution in [1.82, 2.24) is 0 Å². The zero-order valence-corrected chi connectivity index (χ0v) is 9.34. The third-order valence-corrected chi connectivity index (χ3v) is 2.20. The van der Waals surface area contributed by atoms with Crippen molar-refractivity contribution in [3.05, 3.63) is 37.3 Å². The number of halogens is 3. The standard InChI is InChI=1S/C6H5Cl3N2.HNO3/c7-3-1-5(9)6(11-10)2-4(3)8;2-1(3)4/h1-2,11H,10H2;(H,2,3,4). The molecule has 0 amide bonds. The van der Waals surface area contributed by atoms with Gasteiger partial charge in [-0.2, -0.15) is 0 Å². The van der Waals surface area contributed by atoms with Crippen molar-refractivity contribution in [3.8, 4) is 0 Å². The van der Waals surface area contributed by atoms with Gasteiger partial charge in [-0.05, 0) is 12.1 Å². The number of anilines is 1. The van der Waals surface area contributed by atoms with Crippen LogP contribution in [0.4, 0.5) is 5.69 Å². The number of nitrogens with one attached hydrogen (secondary N) is 1. The van der Waals surface area contributed by atoms with E-state index in [1.807, 2.05) is 0 Å². The first-order chi connectivity index (χ1) is 6.88. The van der Waals surface area contributed by atoms with Gasteiger partial charge >= 0.3 is 0 Å². The maximum absolute atomic E-state index is 8.36. The quantitative estimate of drug-likeness (QED) is 0.316. The Kier molecular flexibility index (Phi) is 6.11. The Morgan fingerprint density at radius 2 is 1.67 bits per heavy atom. The molecule has 15 heavy (non-hydrogen) atoms. The molecule has 84 valence electrons. The summed E-state index contributed by atoms with van der Waals surface area (Å²) in [5.74, 6) is 5.13. The first kappa shape index (κ1) is 14.1. The summed E-state index contributed by atoms with van der Waals surface area (Å²) in [6.07, 6.45) is 0. The molecule has 9 heteroatoms. The molecular formula is C6H6Cl3N3O3. The lowest BCUT2D eigenvalue weighted by molar-refractivity contribution is -0.742. The van der Waals surface area contributed by atoms with Crippen molar-refractivity contribution >= 4 is 40.5 Å². The molecule has 0 aromatic heterocycles. The Hall–Kier alpha value is -0.950. The maximum Gasteiger partial charge on any atom is 0.291 e. The predicted octanol–water partition coefficient (Wildman–Crippen LogP) is 2.58. The number of hydrogen-bond donors (Lipinski definition) is 3. The summed E-state index contributed by atoms with van der Waals surface area (Å²) >= 11 is 17.1. The van der Waals surface area contributed by atoms with Crippen LogP contribution in [-0.2, 0) is 0 Å². The minimum absolute atomic E-state index is 0.413. The summed E-state index contributed by atoms with van der Waals surface area (Å²) in [4.78, 5) is 8.36. The highest BCUT2D eigenvalue weighted by atomic mass is 35.5. The lowest BCUT2D eigenvalue weighted by Crippen LogP contribution is -2.06.